The van der Waals surface area contributed by atoms with Crippen molar-refractivity contribution in [3.63, 3.8) is 0 Å². The first-order valence-electron chi connectivity index (χ1n) is 10.5. The van der Waals surface area contributed by atoms with Gasteiger partial charge >= 0.3 is 0 Å². The van der Waals surface area contributed by atoms with Gasteiger partial charge in [-0.1, -0.05) is 47.2 Å². The fraction of sp³-hybridized carbons (Fsp3) is 0.208. The molecule has 4 aromatic rings. The van der Waals surface area contributed by atoms with Gasteiger partial charge in [-0.05, 0) is 50.2 Å². The number of benzene rings is 2. The van der Waals surface area contributed by atoms with Crippen molar-refractivity contribution in [3.8, 4) is 0 Å². The van der Waals surface area contributed by atoms with Gasteiger partial charge in [-0.3, -0.25) is 9.59 Å². The van der Waals surface area contributed by atoms with E-state index in [2.05, 4.69) is 25.9 Å². The Labute approximate surface area is 195 Å². The van der Waals surface area contributed by atoms with Crippen LogP contribution < -0.4 is 10.6 Å². The molecule has 33 heavy (non-hydrogen) atoms. The average Bonchev–Trinajstić information content (AvgIpc) is 3.22. The lowest BCUT2D eigenvalue weighted by atomic mass is 10.1. The van der Waals surface area contributed by atoms with Crippen LogP contribution >= 0.6 is 11.8 Å². The number of thioether (sulfide) groups is 1. The molecule has 0 radical (unpaired) electrons. The molecule has 0 spiro atoms. The van der Waals surface area contributed by atoms with Crippen LogP contribution in [0.1, 0.15) is 27.3 Å². The molecule has 0 aliphatic carbocycles. The first-order chi connectivity index (χ1) is 16.0. The number of nitrogens with one attached hydrogen (secondary N) is 2. The number of aryl methyl sites for hydroxylation is 2. The van der Waals surface area contributed by atoms with Crippen molar-refractivity contribution in [3.05, 3.63) is 83.2 Å². The number of aromatic nitrogens is 4. The highest BCUT2D eigenvalue weighted by atomic mass is 32.2. The Morgan fingerprint density at radius 2 is 1.61 bits per heavy atom. The van der Waals surface area contributed by atoms with Gasteiger partial charge in [0.25, 0.3) is 5.91 Å². The molecule has 9 heteroatoms. The predicted octanol–water partition coefficient (Wildman–Crippen LogP) is 3.44. The van der Waals surface area contributed by atoms with Crippen LogP contribution in [0.25, 0.3) is 5.65 Å². The van der Waals surface area contributed by atoms with Crippen molar-refractivity contribution in [1.29, 1.82) is 0 Å². The van der Waals surface area contributed by atoms with E-state index in [1.165, 1.54) is 11.8 Å². The minimum absolute atomic E-state index is 0.103. The SMILES string of the molecule is Cc1ccc(NC(=O)CSc2ccc3nnc(CCNC(=O)c4ccc(C)cc4)n3n2)cc1. The fourth-order valence-electron chi connectivity index (χ4n) is 3.12. The van der Waals surface area contributed by atoms with Gasteiger partial charge in [-0.15, -0.1) is 10.2 Å². The molecule has 2 amide bonds. The quantitative estimate of drug-likeness (QED) is 0.391. The number of hydrogen-bond acceptors (Lipinski definition) is 6. The Morgan fingerprint density at radius 3 is 2.33 bits per heavy atom. The minimum Gasteiger partial charge on any atom is -0.352 e. The zero-order valence-electron chi connectivity index (χ0n) is 18.4. The zero-order chi connectivity index (χ0) is 23.2. The molecule has 2 heterocycles. The molecule has 8 nitrogen and oxygen atoms in total. The fourth-order valence-corrected chi connectivity index (χ4v) is 3.77. The second-order valence-electron chi connectivity index (χ2n) is 7.63. The summed E-state index contributed by atoms with van der Waals surface area (Å²) in [5.41, 5.74) is 4.24. The molecule has 0 fully saturated rings. The second kappa shape index (κ2) is 10.3. The van der Waals surface area contributed by atoms with Gasteiger partial charge in [-0.25, -0.2) is 0 Å². The third kappa shape index (κ3) is 5.95. The van der Waals surface area contributed by atoms with Crippen molar-refractivity contribution in [1.82, 2.24) is 25.1 Å². The summed E-state index contributed by atoms with van der Waals surface area (Å²) >= 11 is 1.34. The summed E-state index contributed by atoms with van der Waals surface area (Å²) < 4.78 is 1.65. The van der Waals surface area contributed by atoms with Gasteiger partial charge in [0.15, 0.2) is 11.5 Å². The molecule has 0 aliphatic heterocycles. The molecule has 0 aliphatic rings. The van der Waals surface area contributed by atoms with Crippen LogP contribution in [-0.4, -0.2) is 43.9 Å². The van der Waals surface area contributed by atoms with Crippen LogP contribution in [0, 0.1) is 13.8 Å². The highest BCUT2D eigenvalue weighted by Gasteiger charge is 2.11. The van der Waals surface area contributed by atoms with Gasteiger partial charge in [0.1, 0.15) is 5.03 Å². The standard InChI is InChI=1S/C24H24N6O2S/c1-16-3-7-18(8-4-16)24(32)25-14-13-21-28-27-20-11-12-23(29-30(20)21)33-15-22(31)26-19-9-5-17(2)6-10-19/h3-12H,13-15H2,1-2H3,(H,25,32)(H,26,31). The number of carbonyl (C=O) groups is 2. The second-order valence-corrected chi connectivity index (χ2v) is 8.63. The highest BCUT2D eigenvalue weighted by Crippen LogP contribution is 2.17. The van der Waals surface area contributed by atoms with Gasteiger partial charge in [-0.2, -0.15) is 9.61 Å². The topological polar surface area (TPSA) is 101 Å². The third-order valence-corrected chi connectivity index (χ3v) is 5.86. The van der Waals surface area contributed by atoms with E-state index >= 15 is 0 Å². The lowest BCUT2D eigenvalue weighted by Crippen LogP contribution is -2.26. The smallest absolute Gasteiger partial charge is 0.251 e. The highest BCUT2D eigenvalue weighted by molar-refractivity contribution is 7.99. The maximum Gasteiger partial charge on any atom is 0.251 e. The molecule has 0 unspecified atom stereocenters. The molecule has 0 bridgehead atoms. The molecule has 168 valence electrons. The van der Waals surface area contributed by atoms with Gasteiger partial charge in [0.2, 0.25) is 5.91 Å². The molecule has 2 N–H and O–H groups in total. The largest absolute Gasteiger partial charge is 0.352 e. The Morgan fingerprint density at radius 1 is 0.909 bits per heavy atom. The van der Waals surface area contributed by atoms with E-state index < -0.39 is 0 Å². The summed E-state index contributed by atoms with van der Waals surface area (Å²) in [7, 11) is 0. The summed E-state index contributed by atoms with van der Waals surface area (Å²) in [4.78, 5) is 24.5. The number of nitrogens with zero attached hydrogens (tertiary/aromatic N) is 4. The Kier molecular flexibility index (Phi) is 6.99. The van der Waals surface area contributed by atoms with E-state index in [0.29, 0.717) is 35.0 Å². The molecule has 2 aromatic carbocycles. The van der Waals surface area contributed by atoms with E-state index in [1.807, 2.05) is 62.4 Å². The number of hydrogen-bond donors (Lipinski definition) is 2. The molecule has 2 aromatic heterocycles. The van der Waals surface area contributed by atoms with E-state index in [9.17, 15) is 9.59 Å². The van der Waals surface area contributed by atoms with Gasteiger partial charge in [0, 0.05) is 24.2 Å². The van der Waals surface area contributed by atoms with E-state index in [0.717, 1.165) is 16.8 Å². The van der Waals surface area contributed by atoms with Crippen molar-refractivity contribution in [2.24, 2.45) is 0 Å². The third-order valence-electron chi connectivity index (χ3n) is 4.94. The number of amides is 2. The Balaban J connectivity index is 1.32. The molecular formula is C24H24N6O2S. The van der Waals surface area contributed by atoms with Crippen molar-refractivity contribution < 1.29 is 9.59 Å². The van der Waals surface area contributed by atoms with Crippen LogP contribution in [0.3, 0.4) is 0 Å². The van der Waals surface area contributed by atoms with Crippen LogP contribution in [0.15, 0.2) is 65.7 Å². The van der Waals surface area contributed by atoms with Crippen molar-refractivity contribution in [2.45, 2.75) is 25.3 Å². The number of fused-ring (bicyclic) bond motifs is 1. The first kappa shape index (κ1) is 22.5. The molecular weight excluding hydrogens is 436 g/mol. The first-order valence-corrected chi connectivity index (χ1v) is 11.5. The van der Waals surface area contributed by atoms with E-state index in [1.54, 1.807) is 16.6 Å². The van der Waals surface area contributed by atoms with Gasteiger partial charge in [0.05, 0.1) is 5.75 Å². The summed E-state index contributed by atoms with van der Waals surface area (Å²) in [5, 5.41) is 19.3. The Bertz CT molecular complexity index is 1270. The number of rotatable bonds is 8. The molecule has 0 saturated carbocycles. The predicted molar refractivity (Wildman–Crippen MR) is 129 cm³/mol. The van der Waals surface area contributed by atoms with Crippen molar-refractivity contribution >= 4 is 34.9 Å². The maximum atomic E-state index is 12.3. The lowest BCUT2D eigenvalue weighted by molar-refractivity contribution is -0.113. The van der Waals surface area contributed by atoms with Crippen LogP contribution in [0.5, 0.6) is 0 Å². The van der Waals surface area contributed by atoms with Crippen LogP contribution in [0.4, 0.5) is 5.69 Å². The molecule has 0 atom stereocenters. The van der Waals surface area contributed by atoms with E-state index in [-0.39, 0.29) is 17.6 Å². The van der Waals surface area contributed by atoms with E-state index in [4.69, 9.17) is 0 Å². The molecule has 0 saturated heterocycles. The monoisotopic (exact) mass is 460 g/mol. The number of anilines is 1. The normalized spacial score (nSPS) is 10.8. The number of carbonyl (C=O) groups excluding carboxylic acids is 2. The van der Waals surface area contributed by atoms with Crippen molar-refractivity contribution in [2.75, 3.05) is 17.6 Å². The lowest BCUT2D eigenvalue weighted by Gasteiger charge is -2.06. The summed E-state index contributed by atoms with van der Waals surface area (Å²) in [5.74, 6) is 0.637. The Hall–Kier alpha value is -3.72. The summed E-state index contributed by atoms with van der Waals surface area (Å²) in [6, 6.07) is 18.7. The van der Waals surface area contributed by atoms with Crippen LogP contribution in [0.2, 0.25) is 0 Å². The summed E-state index contributed by atoms with van der Waals surface area (Å²) in [6.07, 6.45) is 0.480. The minimum atomic E-state index is -0.132. The maximum absolute atomic E-state index is 12.3. The summed E-state index contributed by atoms with van der Waals surface area (Å²) in [6.45, 7) is 4.39. The zero-order valence-corrected chi connectivity index (χ0v) is 19.2. The molecule has 4 rings (SSSR count). The average molecular weight is 461 g/mol. The van der Waals surface area contributed by atoms with Gasteiger partial charge < -0.3 is 10.6 Å². The van der Waals surface area contributed by atoms with Crippen LogP contribution in [-0.2, 0) is 11.2 Å².